The first kappa shape index (κ1) is 17.2. The van der Waals surface area contributed by atoms with Crippen LogP contribution in [0.3, 0.4) is 0 Å². The zero-order valence-corrected chi connectivity index (χ0v) is 14.9. The van der Waals surface area contributed by atoms with Gasteiger partial charge in [-0.15, -0.1) is 11.3 Å². The van der Waals surface area contributed by atoms with Crippen LogP contribution in [0.15, 0.2) is 17.8 Å². The molecule has 3 heterocycles. The number of rotatable bonds is 4. The molecule has 0 radical (unpaired) electrons. The Bertz CT molecular complexity index is 820. The molecule has 1 N–H and O–H groups in total. The normalized spacial score (nSPS) is 14.0. The van der Waals surface area contributed by atoms with E-state index in [0.717, 1.165) is 10.6 Å². The molecule has 0 atom stereocenters. The number of nitrogens with one attached hydrogen (secondary N) is 1. The minimum Gasteiger partial charge on any atom is -0.302 e. The number of carbonyl (C=O) groups excluding carboxylic acids is 3. The number of hydrogen-bond donors (Lipinski definition) is 1. The molecule has 0 fully saturated rings. The summed E-state index contributed by atoms with van der Waals surface area (Å²) < 4.78 is 0. The molecule has 130 valence electrons. The number of nitrogens with zero attached hydrogens (tertiary/aromatic N) is 4. The predicted molar refractivity (Wildman–Crippen MR) is 91.5 cm³/mol. The van der Waals surface area contributed by atoms with Gasteiger partial charge in [-0.1, -0.05) is 20.8 Å². The van der Waals surface area contributed by atoms with Gasteiger partial charge in [-0.25, -0.2) is 15.0 Å². The summed E-state index contributed by atoms with van der Waals surface area (Å²) in [6, 6.07) is 0. The maximum atomic E-state index is 12.2. The van der Waals surface area contributed by atoms with Crippen molar-refractivity contribution in [2.45, 2.75) is 32.6 Å². The third kappa shape index (κ3) is 3.41. The van der Waals surface area contributed by atoms with Crippen LogP contribution in [0.2, 0.25) is 0 Å². The van der Waals surface area contributed by atoms with Crippen molar-refractivity contribution in [3.8, 4) is 0 Å². The van der Waals surface area contributed by atoms with Crippen molar-refractivity contribution in [2.75, 3.05) is 11.9 Å². The first-order valence-electron chi connectivity index (χ1n) is 7.70. The second-order valence-corrected chi connectivity index (χ2v) is 7.46. The van der Waals surface area contributed by atoms with Gasteiger partial charge in [0.1, 0.15) is 0 Å². The van der Waals surface area contributed by atoms with Crippen LogP contribution >= 0.6 is 11.3 Å². The summed E-state index contributed by atoms with van der Waals surface area (Å²) in [6.07, 6.45) is 2.70. The van der Waals surface area contributed by atoms with Crippen molar-refractivity contribution in [1.82, 2.24) is 19.9 Å². The van der Waals surface area contributed by atoms with Crippen molar-refractivity contribution in [1.29, 1.82) is 0 Å². The molecule has 0 saturated carbocycles. The van der Waals surface area contributed by atoms with Gasteiger partial charge in [0.05, 0.1) is 5.69 Å². The number of amides is 3. The highest BCUT2D eigenvalue weighted by Gasteiger charge is 2.38. The fourth-order valence-corrected chi connectivity index (χ4v) is 3.23. The predicted octanol–water partition coefficient (Wildman–Crippen LogP) is 1.86. The lowest BCUT2D eigenvalue weighted by Gasteiger charge is -2.14. The summed E-state index contributed by atoms with van der Waals surface area (Å²) in [4.78, 5) is 49.5. The third-order valence-electron chi connectivity index (χ3n) is 3.68. The Kier molecular flexibility index (Phi) is 4.34. The second kappa shape index (κ2) is 6.32. The highest BCUT2D eigenvalue weighted by atomic mass is 32.1. The van der Waals surface area contributed by atoms with E-state index in [9.17, 15) is 14.4 Å². The quantitative estimate of drug-likeness (QED) is 0.835. The fraction of sp³-hybridized carbons (Fsp3) is 0.375. The lowest BCUT2D eigenvalue weighted by Crippen LogP contribution is -2.33. The summed E-state index contributed by atoms with van der Waals surface area (Å²) in [5.74, 6) is -1.36. The molecule has 2 aromatic rings. The van der Waals surface area contributed by atoms with Crippen LogP contribution < -0.4 is 5.32 Å². The first-order chi connectivity index (χ1) is 11.8. The summed E-state index contributed by atoms with van der Waals surface area (Å²) in [5.41, 5.74) is 0.857. The van der Waals surface area contributed by atoms with E-state index in [-0.39, 0.29) is 35.7 Å². The Hall–Kier alpha value is -2.68. The van der Waals surface area contributed by atoms with Crippen LogP contribution in [0, 0.1) is 0 Å². The molecule has 2 aromatic heterocycles. The van der Waals surface area contributed by atoms with E-state index in [0.29, 0.717) is 5.13 Å². The maximum absolute atomic E-state index is 12.2. The molecule has 0 saturated heterocycles. The fourth-order valence-electron chi connectivity index (χ4n) is 2.27. The molecule has 3 rings (SSSR count). The Morgan fingerprint density at radius 2 is 1.76 bits per heavy atom. The van der Waals surface area contributed by atoms with E-state index >= 15 is 0 Å². The van der Waals surface area contributed by atoms with Crippen molar-refractivity contribution in [2.24, 2.45) is 0 Å². The van der Waals surface area contributed by atoms with Gasteiger partial charge in [0.25, 0.3) is 11.8 Å². The third-order valence-corrected chi connectivity index (χ3v) is 4.43. The molecule has 8 nitrogen and oxygen atoms in total. The molecule has 0 unspecified atom stereocenters. The van der Waals surface area contributed by atoms with Gasteiger partial charge in [0.15, 0.2) is 16.5 Å². The second-order valence-electron chi connectivity index (χ2n) is 6.60. The van der Waals surface area contributed by atoms with Crippen LogP contribution in [0.4, 0.5) is 5.13 Å². The van der Waals surface area contributed by atoms with Gasteiger partial charge in [-0.3, -0.25) is 19.3 Å². The minimum absolute atomic E-state index is 0.0180. The largest absolute Gasteiger partial charge is 0.302 e. The topological polar surface area (TPSA) is 105 Å². The first-order valence-corrected chi connectivity index (χ1v) is 8.58. The van der Waals surface area contributed by atoms with E-state index in [1.807, 2.05) is 26.2 Å². The molecule has 0 spiro atoms. The lowest BCUT2D eigenvalue weighted by molar-refractivity contribution is -0.116. The minimum atomic E-state index is -0.523. The molecule has 9 heteroatoms. The van der Waals surface area contributed by atoms with E-state index in [1.54, 1.807) is 0 Å². The standard InChI is InChI=1S/C16H17N5O3S/c1-16(2,3)9-8-25-15(19-9)20-10(22)4-7-21-13(23)11-12(14(21)24)18-6-5-17-11/h5-6,8H,4,7H2,1-3H3,(H,19,20,22). The van der Waals surface area contributed by atoms with E-state index in [2.05, 4.69) is 20.3 Å². The van der Waals surface area contributed by atoms with Crippen molar-refractivity contribution in [3.05, 3.63) is 34.9 Å². The number of aromatic nitrogens is 3. The summed E-state index contributed by atoms with van der Waals surface area (Å²) >= 11 is 1.34. The number of anilines is 1. The van der Waals surface area contributed by atoms with Gasteiger partial charge in [0.2, 0.25) is 5.91 Å². The van der Waals surface area contributed by atoms with E-state index in [4.69, 9.17) is 0 Å². The van der Waals surface area contributed by atoms with Gasteiger partial charge in [-0.2, -0.15) is 0 Å². The maximum Gasteiger partial charge on any atom is 0.281 e. The summed E-state index contributed by atoms with van der Waals surface area (Å²) in [7, 11) is 0. The number of imide groups is 1. The molecule has 1 aliphatic heterocycles. The molecule has 1 aliphatic rings. The Morgan fingerprint density at radius 1 is 1.16 bits per heavy atom. The van der Waals surface area contributed by atoms with Gasteiger partial charge < -0.3 is 5.32 Å². The van der Waals surface area contributed by atoms with Crippen LogP contribution in [0.5, 0.6) is 0 Å². The molecule has 3 amide bonds. The van der Waals surface area contributed by atoms with Crippen LogP contribution in [-0.4, -0.2) is 44.1 Å². The molecule has 25 heavy (non-hydrogen) atoms. The van der Waals surface area contributed by atoms with Crippen LogP contribution in [0.25, 0.3) is 0 Å². The van der Waals surface area contributed by atoms with Gasteiger partial charge >= 0.3 is 0 Å². The lowest BCUT2D eigenvalue weighted by atomic mass is 9.93. The van der Waals surface area contributed by atoms with Crippen molar-refractivity contribution < 1.29 is 14.4 Å². The summed E-state index contributed by atoms with van der Waals surface area (Å²) in [6.45, 7) is 6.09. The molecule has 0 bridgehead atoms. The van der Waals surface area contributed by atoms with Gasteiger partial charge in [0, 0.05) is 36.2 Å². The number of hydrogen-bond acceptors (Lipinski definition) is 7. The van der Waals surface area contributed by atoms with E-state index in [1.165, 1.54) is 23.7 Å². The average Bonchev–Trinajstić information content (AvgIpc) is 3.11. The van der Waals surface area contributed by atoms with Gasteiger partial charge in [-0.05, 0) is 0 Å². The zero-order valence-electron chi connectivity index (χ0n) is 14.1. The number of fused-ring (bicyclic) bond motifs is 1. The Labute approximate surface area is 148 Å². The molecule has 0 aromatic carbocycles. The number of carbonyl (C=O) groups is 3. The molecular formula is C16H17N5O3S. The van der Waals surface area contributed by atoms with Crippen LogP contribution in [0.1, 0.15) is 53.9 Å². The molecule has 0 aliphatic carbocycles. The smallest absolute Gasteiger partial charge is 0.281 e. The SMILES string of the molecule is CC(C)(C)c1csc(NC(=O)CCN2C(=O)c3nccnc3C2=O)n1. The number of thiazole rings is 1. The summed E-state index contributed by atoms with van der Waals surface area (Å²) in [5, 5.41) is 5.10. The monoisotopic (exact) mass is 359 g/mol. The van der Waals surface area contributed by atoms with Crippen molar-refractivity contribution >= 4 is 34.2 Å². The zero-order chi connectivity index (χ0) is 18.2. The van der Waals surface area contributed by atoms with Crippen molar-refractivity contribution in [3.63, 3.8) is 0 Å². The Balaban J connectivity index is 1.59. The highest BCUT2D eigenvalue weighted by molar-refractivity contribution is 7.13. The van der Waals surface area contributed by atoms with E-state index < -0.39 is 11.8 Å². The highest BCUT2D eigenvalue weighted by Crippen LogP contribution is 2.26. The Morgan fingerprint density at radius 3 is 2.28 bits per heavy atom. The molecular weight excluding hydrogens is 342 g/mol. The average molecular weight is 359 g/mol. The van der Waals surface area contributed by atoms with Crippen LogP contribution in [-0.2, 0) is 10.2 Å².